The van der Waals surface area contributed by atoms with Crippen molar-refractivity contribution in [3.05, 3.63) is 52.7 Å². The van der Waals surface area contributed by atoms with Gasteiger partial charge in [-0.1, -0.05) is 12.1 Å². The first-order chi connectivity index (χ1) is 11.1. The number of hydrogen-bond acceptors (Lipinski definition) is 5. The third-order valence-electron chi connectivity index (χ3n) is 3.31. The van der Waals surface area contributed by atoms with Crippen LogP contribution in [-0.2, 0) is 0 Å². The fraction of sp³-hybridized carbons (Fsp3) is 0.176. The second-order valence-electron chi connectivity index (χ2n) is 5.00. The first-order valence-electron chi connectivity index (χ1n) is 7.07. The number of aromatic nitrogens is 1. The second kappa shape index (κ2) is 6.26. The Kier molecular flexibility index (Phi) is 4.16. The summed E-state index contributed by atoms with van der Waals surface area (Å²) in [4.78, 5) is 17.5. The Hall–Kier alpha value is -2.60. The summed E-state index contributed by atoms with van der Waals surface area (Å²) in [6.07, 6.45) is 0. The van der Waals surface area contributed by atoms with E-state index in [1.165, 1.54) is 11.3 Å². The van der Waals surface area contributed by atoms with Gasteiger partial charge in [-0.3, -0.25) is 4.79 Å². The molecule has 0 aliphatic rings. The number of nitrogens with zero attached hydrogens (tertiary/aromatic N) is 1. The van der Waals surface area contributed by atoms with Gasteiger partial charge in [0.2, 0.25) is 0 Å². The Bertz CT molecular complexity index is 851. The Balaban J connectivity index is 1.87. The molecule has 0 unspecified atom stereocenters. The number of carbonyl (C=O) groups is 1. The zero-order valence-electron chi connectivity index (χ0n) is 13.0. The normalized spacial score (nSPS) is 10.6. The van der Waals surface area contributed by atoms with Gasteiger partial charge in [-0.25, -0.2) is 4.98 Å². The lowest BCUT2D eigenvalue weighted by atomic mass is 10.3. The molecule has 5 nitrogen and oxygen atoms in total. The van der Waals surface area contributed by atoms with Crippen LogP contribution in [0.1, 0.15) is 21.1 Å². The number of anilines is 1. The molecule has 0 aliphatic heterocycles. The molecular formula is C17H16N2O3S. The summed E-state index contributed by atoms with van der Waals surface area (Å²) in [7, 11) is 1.57. The number of furan rings is 1. The Labute approximate surface area is 137 Å². The van der Waals surface area contributed by atoms with E-state index < -0.39 is 0 Å². The molecule has 118 valence electrons. The van der Waals surface area contributed by atoms with Gasteiger partial charge in [0.25, 0.3) is 5.91 Å². The van der Waals surface area contributed by atoms with Crippen molar-refractivity contribution in [3.8, 4) is 16.5 Å². The van der Waals surface area contributed by atoms with E-state index in [2.05, 4.69) is 10.3 Å². The van der Waals surface area contributed by atoms with Crippen molar-refractivity contribution in [3.63, 3.8) is 0 Å². The van der Waals surface area contributed by atoms with Crippen molar-refractivity contribution in [1.82, 2.24) is 4.98 Å². The van der Waals surface area contributed by atoms with Crippen LogP contribution in [-0.4, -0.2) is 18.0 Å². The molecule has 0 bridgehead atoms. The van der Waals surface area contributed by atoms with Gasteiger partial charge in [0.05, 0.1) is 18.5 Å². The molecule has 0 atom stereocenters. The van der Waals surface area contributed by atoms with Gasteiger partial charge in [-0.2, -0.15) is 0 Å². The summed E-state index contributed by atoms with van der Waals surface area (Å²) >= 11 is 1.31. The largest absolute Gasteiger partial charge is 0.495 e. The summed E-state index contributed by atoms with van der Waals surface area (Å²) < 4.78 is 10.8. The Morgan fingerprint density at radius 3 is 2.70 bits per heavy atom. The maximum absolute atomic E-state index is 12.5. The van der Waals surface area contributed by atoms with Gasteiger partial charge >= 0.3 is 0 Å². The first-order valence-corrected chi connectivity index (χ1v) is 7.88. The number of methoxy groups -OCH3 is 1. The maximum atomic E-state index is 12.5. The van der Waals surface area contributed by atoms with E-state index in [4.69, 9.17) is 9.15 Å². The van der Waals surface area contributed by atoms with Gasteiger partial charge in [0, 0.05) is 0 Å². The minimum atomic E-state index is -0.209. The fourth-order valence-corrected chi connectivity index (χ4v) is 3.11. The highest BCUT2D eigenvalue weighted by atomic mass is 32.1. The van der Waals surface area contributed by atoms with Crippen molar-refractivity contribution in [2.75, 3.05) is 12.4 Å². The molecule has 1 aromatic carbocycles. The van der Waals surface area contributed by atoms with E-state index in [1.807, 2.05) is 38.1 Å². The van der Waals surface area contributed by atoms with Crippen LogP contribution >= 0.6 is 11.3 Å². The number of para-hydroxylation sites is 2. The topological polar surface area (TPSA) is 64.4 Å². The quantitative estimate of drug-likeness (QED) is 0.776. The van der Waals surface area contributed by atoms with Crippen LogP contribution in [0.3, 0.4) is 0 Å². The summed E-state index contributed by atoms with van der Waals surface area (Å²) in [5, 5.41) is 3.56. The van der Waals surface area contributed by atoms with Gasteiger partial charge in [0.15, 0.2) is 10.8 Å². The summed E-state index contributed by atoms with van der Waals surface area (Å²) in [6.45, 7) is 3.69. The number of carbonyl (C=O) groups excluding carboxylic acids is 1. The van der Waals surface area contributed by atoms with Crippen molar-refractivity contribution in [1.29, 1.82) is 0 Å². The van der Waals surface area contributed by atoms with Gasteiger partial charge in [-0.15, -0.1) is 11.3 Å². The Morgan fingerprint density at radius 1 is 1.22 bits per heavy atom. The summed E-state index contributed by atoms with van der Waals surface area (Å²) in [5.74, 6) is 1.89. The lowest BCUT2D eigenvalue weighted by Crippen LogP contribution is -2.12. The highest BCUT2D eigenvalue weighted by molar-refractivity contribution is 7.17. The monoisotopic (exact) mass is 328 g/mol. The van der Waals surface area contributed by atoms with Crippen LogP contribution in [0.15, 0.2) is 40.8 Å². The SMILES string of the molecule is COc1ccccc1NC(=O)c1sc(-c2ccc(C)o2)nc1C. The molecule has 1 N–H and O–H groups in total. The number of ether oxygens (including phenoxy) is 1. The van der Waals surface area contributed by atoms with Crippen LogP contribution in [0.5, 0.6) is 5.75 Å². The van der Waals surface area contributed by atoms with Crippen LogP contribution in [0.2, 0.25) is 0 Å². The number of amides is 1. The zero-order valence-corrected chi connectivity index (χ0v) is 13.9. The highest BCUT2D eigenvalue weighted by Gasteiger charge is 2.18. The van der Waals surface area contributed by atoms with Crippen LogP contribution in [0.25, 0.3) is 10.8 Å². The number of nitrogens with one attached hydrogen (secondary N) is 1. The molecule has 2 aromatic heterocycles. The van der Waals surface area contributed by atoms with Gasteiger partial charge in [-0.05, 0) is 38.1 Å². The minimum Gasteiger partial charge on any atom is -0.495 e. The molecule has 3 aromatic rings. The number of benzene rings is 1. The molecule has 0 radical (unpaired) electrons. The van der Waals surface area contributed by atoms with E-state index >= 15 is 0 Å². The van der Waals surface area contributed by atoms with Crippen LogP contribution < -0.4 is 10.1 Å². The number of thiazole rings is 1. The number of hydrogen-bond donors (Lipinski definition) is 1. The van der Waals surface area contributed by atoms with Crippen molar-refractivity contribution in [2.45, 2.75) is 13.8 Å². The minimum absolute atomic E-state index is 0.209. The molecule has 23 heavy (non-hydrogen) atoms. The smallest absolute Gasteiger partial charge is 0.267 e. The second-order valence-corrected chi connectivity index (χ2v) is 6.00. The molecule has 6 heteroatoms. The lowest BCUT2D eigenvalue weighted by Gasteiger charge is -2.08. The Morgan fingerprint density at radius 2 is 2.00 bits per heavy atom. The zero-order chi connectivity index (χ0) is 16.4. The molecule has 0 saturated heterocycles. The maximum Gasteiger partial charge on any atom is 0.267 e. The van der Waals surface area contributed by atoms with Gasteiger partial charge < -0.3 is 14.5 Å². The van der Waals surface area contributed by atoms with Crippen LogP contribution in [0.4, 0.5) is 5.69 Å². The van der Waals surface area contributed by atoms with Crippen molar-refractivity contribution < 1.29 is 13.9 Å². The predicted octanol–water partition coefficient (Wildman–Crippen LogP) is 4.28. The summed E-state index contributed by atoms with van der Waals surface area (Å²) in [6, 6.07) is 11.0. The molecule has 0 saturated carbocycles. The van der Waals surface area contributed by atoms with E-state index in [1.54, 1.807) is 19.2 Å². The third-order valence-corrected chi connectivity index (χ3v) is 4.48. The average Bonchev–Trinajstić information content (AvgIpc) is 3.13. The molecule has 0 spiro atoms. The summed E-state index contributed by atoms with van der Waals surface area (Å²) in [5.41, 5.74) is 1.30. The average molecular weight is 328 g/mol. The molecule has 3 rings (SSSR count). The fourth-order valence-electron chi connectivity index (χ4n) is 2.19. The van der Waals surface area contributed by atoms with Gasteiger partial charge in [0.1, 0.15) is 16.4 Å². The van der Waals surface area contributed by atoms with E-state index in [0.29, 0.717) is 32.8 Å². The molecule has 0 aliphatic carbocycles. The number of aryl methyl sites for hydroxylation is 2. The molecule has 2 heterocycles. The van der Waals surface area contributed by atoms with E-state index in [0.717, 1.165) is 5.76 Å². The standard InChI is InChI=1S/C17H16N2O3S/c1-10-8-9-14(22-10)17-18-11(2)15(23-17)16(20)19-12-6-4-5-7-13(12)21-3/h4-9H,1-3H3,(H,19,20). The van der Waals surface area contributed by atoms with E-state index in [-0.39, 0.29) is 5.91 Å². The predicted molar refractivity (Wildman–Crippen MR) is 90.2 cm³/mol. The van der Waals surface area contributed by atoms with E-state index in [9.17, 15) is 4.79 Å². The first kappa shape index (κ1) is 15.3. The molecular weight excluding hydrogens is 312 g/mol. The molecule has 0 fully saturated rings. The number of rotatable bonds is 4. The third kappa shape index (κ3) is 3.12. The lowest BCUT2D eigenvalue weighted by molar-refractivity contribution is 0.102. The van der Waals surface area contributed by atoms with Crippen molar-refractivity contribution in [2.24, 2.45) is 0 Å². The van der Waals surface area contributed by atoms with Crippen molar-refractivity contribution >= 4 is 22.9 Å². The van der Waals surface area contributed by atoms with Crippen LogP contribution in [0, 0.1) is 13.8 Å². The highest BCUT2D eigenvalue weighted by Crippen LogP contribution is 2.30. The molecule has 1 amide bonds.